The zero-order valence-corrected chi connectivity index (χ0v) is 19.7. The molecule has 1 saturated heterocycles. The van der Waals surface area contributed by atoms with Crippen LogP contribution in [0.2, 0.25) is 0 Å². The summed E-state index contributed by atoms with van der Waals surface area (Å²) in [6.07, 6.45) is 9.31. The number of hydrogen-bond donors (Lipinski definition) is 3. The Morgan fingerprint density at radius 2 is 2.00 bits per heavy atom. The first-order chi connectivity index (χ1) is 16.1. The Morgan fingerprint density at radius 3 is 2.67 bits per heavy atom. The minimum atomic E-state index is -0.424. The third kappa shape index (κ3) is 5.63. The summed E-state index contributed by atoms with van der Waals surface area (Å²) in [5, 5.41) is 6.96. The second kappa shape index (κ2) is 11.0. The van der Waals surface area contributed by atoms with Crippen LogP contribution in [0.15, 0.2) is 18.2 Å². The van der Waals surface area contributed by atoms with E-state index in [-0.39, 0.29) is 23.8 Å². The van der Waals surface area contributed by atoms with Gasteiger partial charge in [0.25, 0.3) is 0 Å². The number of anilines is 4. The molecule has 1 aliphatic heterocycles. The van der Waals surface area contributed by atoms with Gasteiger partial charge in [-0.3, -0.25) is 0 Å². The SMILES string of the molecule is CCC(C1CCCN1)N(c1ccc(OC)c(F)c1)c1nc(N)nc(NCC2CCCCC2)n1. The standard InChI is InChI=1S/C24H36FN7O/c1-3-20(19-10-7-13-27-19)32(17-11-12-21(33-2)18(25)14-17)24-30-22(26)29-23(31-24)28-15-16-8-5-4-6-9-16/h11-12,14,16,19-20,27H,3-10,13,15H2,1-2H3,(H3,26,28,29,30,31). The Kier molecular flexibility index (Phi) is 7.80. The lowest BCUT2D eigenvalue weighted by atomic mass is 9.89. The fraction of sp³-hybridized carbons (Fsp3) is 0.625. The molecule has 1 aromatic heterocycles. The van der Waals surface area contributed by atoms with Crippen molar-refractivity contribution in [1.29, 1.82) is 0 Å². The molecule has 2 aromatic rings. The second-order valence-corrected chi connectivity index (χ2v) is 9.07. The van der Waals surface area contributed by atoms with Crippen molar-refractivity contribution >= 4 is 23.5 Å². The van der Waals surface area contributed by atoms with Gasteiger partial charge in [0, 0.05) is 24.3 Å². The molecule has 180 valence electrons. The summed E-state index contributed by atoms with van der Waals surface area (Å²) in [7, 11) is 1.46. The first kappa shape index (κ1) is 23.5. The number of nitrogen functional groups attached to an aromatic ring is 1. The summed E-state index contributed by atoms with van der Waals surface area (Å²) in [5.74, 6) is 1.45. The van der Waals surface area contributed by atoms with E-state index in [0.29, 0.717) is 23.5 Å². The molecule has 0 spiro atoms. The van der Waals surface area contributed by atoms with Crippen LogP contribution < -0.4 is 26.0 Å². The highest BCUT2D eigenvalue weighted by Crippen LogP contribution is 2.33. The van der Waals surface area contributed by atoms with Crippen LogP contribution in [0.3, 0.4) is 0 Å². The molecule has 0 amide bonds. The number of nitrogens with zero attached hydrogens (tertiary/aromatic N) is 4. The maximum Gasteiger partial charge on any atom is 0.236 e. The van der Waals surface area contributed by atoms with E-state index in [4.69, 9.17) is 15.5 Å². The van der Waals surface area contributed by atoms with Crippen LogP contribution in [0.4, 0.5) is 27.9 Å². The zero-order valence-electron chi connectivity index (χ0n) is 19.7. The minimum absolute atomic E-state index is 0.0355. The molecule has 1 aromatic carbocycles. The smallest absolute Gasteiger partial charge is 0.236 e. The fourth-order valence-corrected chi connectivity index (χ4v) is 5.14. The third-order valence-electron chi connectivity index (χ3n) is 6.86. The highest BCUT2D eigenvalue weighted by molar-refractivity contribution is 5.61. The average molecular weight is 458 g/mol. The molecule has 4 rings (SSSR count). The predicted molar refractivity (Wildman–Crippen MR) is 129 cm³/mol. The van der Waals surface area contributed by atoms with E-state index < -0.39 is 5.82 Å². The molecule has 2 fully saturated rings. The van der Waals surface area contributed by atoms with E-state index >= 15 is 0 Å². The lowest BCUT2D eigenvalue weighted by Crippen LogP contribution is -2.46. The molecule has 0 bridgehead atoms. The van der Waals surface area contributed by atoms with Gasteiger partial charge in [-0.1, -0.05) is 26.2 Å². The maximum absolute atomic E-state index is 14.7. The molecule has 2 aliphatic rings. The van der Waals surface area contributed by atoms with E-state index in [9.17, 15) is 4.39 Å². The van der Waals surface area contributed by atoms with Gasteiger partial charge in [-0.15, -0.1) is 0 Å². The first-order valence-electron chi connectivity index (χ1n) is 12.2. The van der Waals surface area contributed by atoms with Gasteiger partial charge in [-0.05, 0) is 56.7 Å². The van der Waals surface area contributed by atoms with Gasteiger partial charge >= 0.3 is 0 Å². The molecule has 8 nitrogen and oxygen atoms in total. The molecular weight excluding hydrogens is 421 g/mol. The Hall–Kier alpha value is -2.68. The van der Waals surface area contributed by atoms with Crippen LogP contribution in [0, 0.1) is 11.7 Å². The van der Waals surface area contributed by atoms with E-state index in [1.165, 1.54) is 45.3 Å². The van der Waals surface area contributed by atoms with Crippen molar-refractivity contribution in [1.82, 2.24) is 20.3 Å². The molecule has 0 radical (unpaired) electrons. The molecular formula is C24H36FN7O. The lowest BCUT2D eigenvalue weighted by Gasteiger charge is -2.35. The van der Waals surface area contributed by atoms with Gasteiger partial charge in [-0.25, -0.2) is 4.39 Å². The maximum atomic E-state index is 14.7. The number of rotatable bonds is 9. The predicted octanol–water partition coefficient (Wildman–Crippen LogP) is 4.26. The molecule has 9 heteroatoms. The molecule has 2 atom stereocenters. The highest BCUT2D eigenvalue weighted by atomic mass is 19.1. The van der Waals surface area contributed by atoms with Gasteiger partial charge in [0.2, 0.25) is 17.8 Å². The van der Waals surface area contributed by atoms with Gasteiger partial charge in [0.1, 0.15) is 0 Å². The minimum Gasteiger partial charge on any atom is -0.494 e. The summed E-state index contributed by atoms with van der Waals surface area (Å²) in [6.45, 7) is 3.92. The molecule has 1 aliphatic carbocycles. The number of nitrogens with two attached hydrogens (primary N) is 1. The summed E-state index contributed by atoms with van der Waals surface area (Å²) in [5.41, 5.74) is 6.78. The Balaban J connectivity index is 1.66. The lowest BCUT2D eigenvalue weighted by molar-refractivity contribution is 0.373. The topological polar surface area (TPSA) is 101 Å². The fourth-order valence-electron chi connectivity index (χ4n) is 5.14. The quantitative estimate of drug-likeness (QED) is 0.513. The Morgan fingerprint density at radius 1 is 1.18 bits per heavy atom. The summed E-state index contributed by atoms with van der Waals surface area (Å²) in [6, 6.07) is 5.24. The van der Waals surface area contributed by atoms with Crippen molar-refractivity contribution < 1.29 is 9.13 Å². The first-order valence-corrected chi connectivity index (χ1v) is 12.2. The number of methoxy groups -OCH3 is 1. The van der Waals surface area contributed by atoms with E-state index in [0.717, 1.165) is 32.4 Å². The Labute approximate surface area is 195 Å². The zero-order chi connectivity index (χ0) is 23.2. The molecule has 2 heterocycles. The largest absolute Gasteiger partial charge is 0.494 e. The van der Waals surface area contributed by atoms with Crippen molar-refractivity contribution in [3.05, 3.63) is 24.0 Å². The third-order valence-corrected chi connectivity index (χ3v) is 6.86. The average Bonchev–Trinajstić information content (AvgIpc) is 3.36. The monoisotopic (exact) mass is 457 g/mol. The van der Waals surface area contributed by atoms with Crippen LogP contribution in [0.25, 0.3) is 0 Å². The van der Waals surface area contributed by atoms with Crippen molar-refractivity contribution in [2.24, 2.45) is 5.92 Å². The van der Waals surface area contributed by atoms with Crippen LogP contribution >= 0.6 is 0 Å². The van der Waals surface area contributed by atoms with Gasteiger partial charge in [-0.2, -0.15) is 15.0 Å². The number of ether oxygens (including phenoxy) is 1. The summed E-state index contributed by atoms with van der Waals surface area (Å²) in [4.78, 5) is 15.5. The van der Waals surface area contributed by atoms with Crippen molar-refractivity contribution in [3.8, 4) is 5.75 Å². The van der Waals surface area contributed by atoms with E-state index in [1.807, 2.05) is 11.0 Å². The van der Waals surface area contributed by atoms with Crippen LogP contribution in [0.5, 0.6) is 5.75 Å². The molecule has 1 saturated carbocycles. The number of halogens is 1. The van der Waals surface area contributed by atoms with Crippen molar-refractivity contribution in [2.75, 3.05) is 36.1 Å². The highest BCUT2D eigenvalue weighted by Gasteiger charge is 2.32. The second-order valence-electron chi connectivity index (χ2n) is 9.07. The number of aromatic nitrogens is 3. The number of hydrogen-bond acceptors (Lipinski definition) is 8. The normalized spacial score (nSPS) is 19.9. The summed E-state index contributed by atoms with van der Waals surface area (Å²) < 4.78 is 19.8. The number of nitrogens with one attached hydrogen (secondary N) is 2. The molecule has 4 N–H and O–H groups in total. The number of benzene rings is 1. The van der Waals surface area contributed by atoms with Crippen LogP contribution in [-0.2, 0) is 0 Å². The van der Waals surface area contributed by atoms with Crippen LogP contribution in [0.1, 0.15) is 58.3 Å². The summed E-state index contributed by atoms with van der Waals surface area (Å²) >= 11 is 0. The van der Waals surface area contributed by atoms with Crippen molar-refractivity contribution in [2.45, 2.75) is 70.4 Å². The van der Waals surface area contributed by atoms with E-state index in [2.05, 4.69) is 27.5 Å². The van der Waals surface area contributed by atoms with Crippen molar-refractivity contribution in [3.63, 3.8) is 0 Å². The molecule has 2 unspecified atom stereocenters. The van der Waals surface area contributed by atoms with Gasteiger partial charge < -0.3 is 26.0 Å². The van der Waals surface area contributed by atoms with Gasteiger partial charge in [0.05, 0.1) is 13.2 Å². The molecule has 33 heavy (non-hydrogen) atoms. The van der Waals surface area contributed by atoms with E-state index in [1.54, 1.807) is 6.07 Å². The van der Waals surface area contributed by atoms with Crippen LogP contribution in [-0.4, -0.2) is 47.2 Å². The van der Waals surface area contributed by atoms with Gasteiger partial charge in [0.15, 0.2) is 11.6 Å². The Bertz CT molecular complexity index is 916.